The minimum absolute atomic E-state index is 0.00518. The van der Waals surface area contributed by atoms with Gasteiger partial charge in [-0.3, -0.25) is 0 Å². The molecule has 3 rings (SSSR count). The van der Waals surface area contributed by atoms with Crippen LogP contribution in [0.3, 0.4) is 0 Å². The highest BCUT2D eigenvalue weighted by molar-refractivity contribution is 5.67. The highest BCUT2D eigenvalue weighted by Crippen LogP contribution is 2.36. The van der Waals surface area contributed by atoms with Crippen molar-refractivity contribution in [2.75, 3.05) is 20.2 Å². The van der Waals surface area contributed by atoms with Crippen molar-refractivity contribution in [2.24, 2.45) is 11.1 Å². The maximum absolute atomic E-state index is 14.0. The Labute approximate surface area is 184 Å². The van der Waals surface area contributed by atoms with Gasteiger partial charge in [-0.15, -0.1) is 0 Å². The van der Waals surface area contributed by atoms with Crippen molar-refractivity contribution in [2.45, 2.75) is 39.5 Å². The van der Waals surface area contributed by atoms with Crippen molar-refractivity contribution in [3.63, 3.8) is 0 Å². The van der Waals surface area contributed by atoms with E-state index < -0.39 is 6.17 Å². The molecular weight excluding hydrogens is 391 g/mol. The van der Waals surface area contributed by atoms with Crippen molar-refractivity contribution in [1.29, 1.82) is 0 Å². The van der Waals surface area contributed by atoms with Gasteiger partial charge < -0.3 is 20.4 Å². The summed E-state index contributed by atoms with van der Waals surface area (Å²) in [5, 5.41) is 3.38. The Balaban J connectivity index is 2.07. The third-order valence-electron chi connectivity index (χ3n) is 5.31. The third kappa shape index (κ3) is 5.71. The van der Waals surface area contributed by atoms with Crippen LogP contribution in [-0.2, 0) is 6.54 Å². The van der Waals surface area contributed by atoms with E-state index in [9.17, 15) is 4.39 Å². The Kier molecular flexibility index (Phi) is 7.46. The number of nitrogens with two attached hydrogens (primary N) is 1. The van der Waals surface area contributed by atoms with E-state index in [-0.39, 0.29) is 24.5 Å². The molecule has 6 heteroatoms. The molecule has 0 bridgehead atoms. The number of rotatable bonds is 9. The lowest BCUT2D eigenvalue weighted by molar-refractivity contribution is 0.227. The summed E-state index contributed by atoms with van der Waals surface area (Å²) in [6.45, 7) is 7.23. The average molecular weight is 425 g/mol. The molecule has 166 valence electrons. The number of hydrogen-bond acceptors (Lipinski definition) is 4. The molecular formula is C25H33FN4O. The Morgan fingerprint density at radius 3 is 2.42 bits per heavy atom. The summed E-state index contributed by atoms with van der Waals surface area (Å²) in [7, 11) is 1.66. The van der Waals surface area contributed by atoms with Crippen LogP contribution in [0.15, 0.2) is 60.8 Å². The van der Waals surface area contributed by atoms with Gasteiger partial charge in [0, 0.05) is 31.4 Å². The molecule has 0 aliphatic heterocycles. The van der Waals surface area contributed by atoms with Gasteiger partial charge in [0.05, 0.1) is 18.8 Å². The smallest absolute Gasteiger partial charge is 0.128 e. The fraction of sp³-hybridized carbons (Fsp3) is 0.400. The summed E-state index contributed by atoms with van der Waals surface area (Å²) in [5.74, 6) is 1.63. The van der Waals surface area contributed by atoms with Gasteiger partial charge >= 0.3 is 0 Å². The number of nitrogens with one attached hydrogen (secondary N) is 1. The lowest BCUT2D eigenvalue weighted by atomic mass is 9.86. The molecule has 0 aliphatic rings. The molecule has 2 atom stereocenters. The minimum Gasteiger partial charge on any atom is -0.496 e. The Hall–Kier alpha value is -2.70. The zero-order valence-corrected chi connectivity index (χ0v) is 18.8. The summed E-state index contributed by atoms with van der Waals surface area (Å²) in [4.78, 5) is 5.02. The van der Waals surface area contributed by atoms with Gasteiger partial charge in [-0.05, 0) is 23.1 Å². The van der Waals surface area contributed by atoms with Crippen LogP contribution in [0.25, 0.3) is 11.3 Å². The van der Waals surface area contributed by atoms with Crippen LogP contribution >= 0.6 is 0 Å². The van der Waals surface area contributed by atoms with E-state index >= 15 is 0 Å². The Morgan fingerprint density at radius 2 is 1.77 bits per heavy atom. The van der Waals surface area contributed by atoms with Crippen molar-refractivity contribution in [3.05, 3.63) is 72.2 Å². The van der Waals surface area contributed by atoms with E-state index in [4.69, 9.17) is 15.5 Å². The molecule has 0 aliphatic carbocycles. The van der Waals surface area contributed by atoms with Crippen molar-refractivity contribution in [1.82, 2.24) is 14.9 Å². The molecule has 0 radical (unpaired) electrons. The number of methoxy groups -OCH3 is 1. The average Bonchev–Trinajstić information content (AvgIpc) is 3.16. The van der Waals surface area contributed by atoms with E-state index in [0.717, 1.165) is 22.8 Å². The molecule has 3 N–H and O–H groups in total. The first-order chi connectivity index (χ1) is 14.8. The molecule has 0 amide bonds. The highest BCUT2D eigenvalue weighted by Gasteiger charge is 2.31. The summed E-state index contributed by atoms with van der Waals surface area (Å²) in [6, 6.07) is 17.9. The van der Waals surface area contributed by atoms with Crippen LogP contribution < -0.4 is 15.8 Å². The van der Waals surface area contributed by atoms with Gasteiger partial charge in [-0.1, -0.05) is 63.2 Å². The summed E-state index contributed by atoms with van der Waals surface area (Å²) in [5.41, 5.74) is 8.24. The zero-order chi connectivity index (χ0) is 22.4. The molecule has 2 aromatic carbocycles. The first-order valence-electron chi connectivity index (χ1n) is 10.7. The van der Waals surface area contributed by atoms with Gasteiger partial charge in [-0.25, -0.2) is 9.37 Å². The first kappa shape index (κ1) is 23.0. The van der Waals surface area contributed by atoms with Gasteiger partial charge in [0.15, 0.2) is 0 Å². The van der Waals surface area contributed by atoms with Crippen molar-refractivity contribution in [3.8, 4) is 17.0 Å². The number of hydrogen-bond donors (Lipinski definition) is 2. The lowest BCUT2D eigenvalue weighted by Gasteiger charge is -2.32. The summed E-state index contributed by atoms with van der Waals surface area (Å²) in [6.07, 6.45) is 0.951. The maximum Gasteiger partial charge on any atom is 0.128 e. The lowest BCUT2D eigenvalue weighted by Crippen LogP contribution is -2.39. The quantitative estimate of drug-likeness (QED) is 0.528. The molecule has 0 fully saturated rings. The van der Waals surface area contributed by atoms with Crippen LogP contribution in [0.2, 0.25) is 0 Å². The van der Waals surface area contributed by atoms with Crippen LogP contribution in [-0.4, -0.2) is 35.9 Å². The second-order valence-corrected chi connectivity index (χ2v) is 8.84. The molecule has 0 saturated heterocycles. The minimum atomic E-state index is -1.10. The first-order valence-corrected chi connectivity index (χ1v) is 10.7. The second kappa shape index (κ2) is 10.1. The SMILES string of the molecule is COc1ccccc1-c1cn(Cc2ccccc2)c([C@H](NC[C@H](F)CN)C(C)(C)C)n1. The van der Waals surface area contributed by atoms with Gasteiger partial charge in [-0.2, -0.15) is 0 Å². The van der Waals surface area contributed by atoms with Crippen LogP contribution in [0.1, 0.15) is 38.2 Å². The molecule has 0 spiro atoms. The van der Waals surface area contributed by atoms with E-state index in [1.165, 1.54) is 5.56 Å². The molecule has 5 nitrogen and oxygen atoms in total. The number of para-hydroxylation sites is 1. The maximum atomic E-state index is 14.0. The highest BCUT2D eigenvalue weighted by atomic mass is 19.1. The van der Waals surface area contributed by atoms with Crippen molar-refractivity contribution >= 4 is 0 Å². The van der Waals surface area contributed by atoms with E-state index in [0.29, 0.717) is 6.54 Å². The standard InChI is InChI=1S/C25H33FN4O/c1-25(2,3)23(28-15-19(26)14-27)24-29-21(20-12-8-9-13-22(20)31-4)17-30(24)16-18-10-6-5-7-11-18/h5-13,17,19,23,28H,14-16,27H2,1-4H3/t19-,23+/m1/s1. The molecule has 1 aromatic heterocycles. The van der Waals surface area contributed by atoms with Crippen LogP contribution in [0, 0.1) is 5.41 Å². The number of alkyl halides is 1. The fourth-order valence-corrected chi connectivity index (χ4v) is 3.67. The van der Waals surface area contributed by atoms with E-state index in [1.807, 2.05) is 42.5 Å². The molecule has 0 saturated carbocycles. The Bertz CT molecular complexity index is 965. The summed E-state index contributed by atoms with van der Waals surface area (Å²) < 4.78 is 21.7. The number of benzene rings is 2. The van der Waals surface area contributed by atoms with E-state index in [2.05, 4.69) is 49.0 Å². The number of nitrogens with zero attached hydrogens (tertiary/aromatic N) is 2. The number of imidazole rings is 1. The molecule has 3 aromatic rings. The fourth-order valence-electron chi connectivity index (χ4n) is 3.67. The molecule has 0 unspecified atom stereocenters. The van der Waals surface area contributed by atoms with Gasteiger partial charge in [0.25, 0.3) is 0 Å². The van der Waals surface area contributed by atoms with Gasteiger partial charge in [0.2, 0.25) is 0 Å². The normalized spacial score (nSPS) is 13.7. The Morgan fingerprint density at radius 1 is 1.10 bits per heavy atom. The van der Waals surface area contributed by atoms with Crippen LogP contribution in [0.4, 0.5) is 4.39 Å². The number of halogens is 1. The van der Waals surface area contributed by atoms with E-state index in [1.54, 1.807) is 7.11 Å². The van der Waals surface area contributed by atoms with Crippen LogP contribution in [0.5, 0.6) is 5.75 Å². The number of aromatic nitrogens is 2. The number of ether oxygens (including phenoxy) is 1. The molecule has 31 heavy (non-hydrogen) atoms. The largest absolute Gasteiger partial charge is 0.496 e. The zero-order valence-electron chi connectivity index (χ0n) is 18.8. The van der Waals surface area contributed by atoms with Gasteiger partial charge in [0.1, 0.15) is 17.7 Å². The topological polar surface area (TPSA) is 65.1 Å². The summed E-state index contributed by atoms with van der Waals surface area (Å²) >= 11 is 0. The predicted molar refractivity (Wildman–Crippen MR) is 124 cm³/mol. The monoisotopic (exact) mass is 424 g/mol. The molecule has 1 heterocycles. The predicted octanol–water partition coefficient (Wildman–Crippen LogP) is 4.58. The van der Waals surface area contributed by atoms with Crippen molar-refractivity contribution < 1.29 is 9.13 Å². The third-order valence-corrected chi connectivity index (χ3v) is 5.31. The second-order valence-electron chi connectivity index (χ2n) is 8.84.